The summed E-state index contributed by atoms with van der Waals surface area (Å²) in [7, 11) is 0. The van der Waals surface area contributed by atoms with Crippen LogP contribution in [0.5, 0.6) is 0 Å². The number of amides is 1. The molecule has 2 aromatic heterocycles. The molecule has 6 heteroatoms. The van der Waals surface area contributed by atoms with Crippen LogP contribution in [0.2, 0.25) is 0 Å². The molecule has 6 nitrogen and oxygen atoms in total. The van der Waals surface area contributed by atoms with Crippen molar-refractivity contribution in [1.29, 1.82) is 0 Å². The maximum absolute atomic E-state index is 12.4. The van der Waals surface area contributed by atoms with Crippen molar-refractivity contribution in [2.45, 2.75) is 38.5 Å². The van der Waals surface area contributed by atoms with Gasteiger partial charge in [-0.15, -0.1) is 0 Å². The van der Waals surface area contributed by atoms with Gasteiger partial charge >= 0.3 is 0 Å². The summed E-state index contributed by atoms with van der Waals surface area (Å²) in [6, 6.07) is 1.70. The van der Waals surface area contributed by atoms with Gasteiger partial charge in [0.15, 0.2) is 5.69 Å². The summed E-state index contributed by atoms with van der Waals surface area (Å²) in [5, 5.41) is 11.5. The third-order valence-electron chi connectivity index (χ3n) is 4.35. The lowest BCUT2D eigenvalue weighted by molar-refractivity contribution is 0.0752. The monoisotopic (exact) mass is 286 g/mol. The minimum atomic E-state index is -0.0436. The van der Waals surface area contributed by atoms with Crippen molar-refractivity contribution in [2.75, 3.05) is 13.1 Å². The summed E-state index contributed by atoms with van der Waals surface area (Å²) in [5.41, 5.74) is 4.17. The van der Waals surface area contributed by atoms with Crippen LogP contribution in [-0.4, -0.2) is 39.3 Å². The Morgan fingerprint density at radius 3 is 2.90 bits per heavy atom. The number of nitrogens with zero attached hydrogens (tertiary/aromatic N) is 3. The molecule has 0 saturated heterocycles. The number of fused-ring (bicyclic) bond motifs is 1. The van der Waals surface area contributed by atoms with E-state index in [1.54, 1.807) is 13.0 Å². The van der Waals surface area contributed by atoms with E-state index in [-0.39, 0.29) is 5.91 Å². The molecular formula is C15H18N4O2. The molecule has 1 fully saturated rings. The second kappa shape index (κ2) is 4.72. The molecule has 2 aliphatic rings. The highest BCUT2D eigenvalue weighted by molar-refractivity contribution is 5.92. The predicted octanol–water partition coefficient (Wildman–Crippen LogP) is 1.82. The van der Waals surface area contributed by atoms with Crippen LogP contribution >= 0.6 is 0 Å². The van der Waals surface area contributed by atoms with E-state index < -0.39 is 0 Å². The molecule has 3 heterocycles. The normalized spacial score (nSPS) is 18.4. The van der Waals surface area contributed by atoms with Crippen molar-refractivity contribution in [1.82, 2.24) is 20.3 Å². The Kier molecular flexibility index (Phi) is 2.83. The van der Waals surface area contributed by atoms with Crippen molar-refractivity contribution in [3.8, 4) is 0 Å². The summed E-state index contributed by atoms with van der Waals surface area (Å²) in [6.45, 7) is 3.21. The summed E-state index contributed by atoms with van der Waals surface area (Å²) >= 11 is 0. The lowest BCUT2D eigenvalue weighted by atomic mass is 10.1. The van der Waals surface area contributed by atoms with Gasteiger partial charge in [0.05, 0.1) is 5.69 Å². The lowest BCUT2D eigenvalue weighted by Gasteiger charge is -2.18. The standard InChI is InChI=1S/C15H18N4O2/c1-9-8-13(18-21-9)15(20)19-6-4-11-12(5-7-19)16-17-14(11)10-2-3-10/h8,10H,2-7H2,1H3,(H,16,17). The van der Waals surface area contributed by atoms with Gasteiger partial charge in [-0.05, 0) is 31.7 Å². The van der Waals surface area contributed by atoms with Gasteiger partial charge in [0.2, 0.25) is 0 Å². The fraction of sp³-hybridized carbons (Fsp3) is 0.533. The Balaban J connectivity index is 1.52. The van der Waals surface area contributed by atoms with E-state index in [9.17, 15) is 4.79 Å². The van der Waals surface area contributed by atoms with Gasteiger partial charge in [0.1, 0.15) is 5.76 Å². The molecular weight excluding hydrogens is 268 g/mol. The molecule has 1 aliphatic carbocycles. The summed E-state index contributed by atoms with van der Waals surface area (Å²) in [6.07, 6.45) is 4.20. The van der Waals surface area contributed by atoms with Gasteiger partial charge in [-0.3, -0.25) is 9.89 Å². The van der Waals surface area contributed by atoms with Crippen LogP contribution in [0.1, 0.15) is 52.0 Å². The zero-order chi connectivity index (χ0) is 14.4. The number of aromatic amines is 1. The highest BCUT2D eigenvalue weighted by Gasteiger charge is 2.32. The third kappa shape index (κ3) is 2.24. The molecule has 1 saturated carbocycles. The molecule has 0 atom stereocenters. The fourth-order valence-corrected chi connectivity index (χ4v) is 3.04. The first kappa shape index (κ1) is 12.6. The van der Waals surface area contributed by atoms with E-state index in [4.69, 9.17) is 4.52 Å². The predicted molar refractivity (Wildman–Crippen MR) is 75.1 cm³/mol. The highest BCUT2D eigenvalue weighted by Crippen LogP contribution is 2.41. The number of rotatable bonds is 2. The second-order valence-corrected chi connectivity index (χ2v) is 5.96. The molecule has 1 aliphatic heterocycles. The maximum Gasteiger partial charge on any atom is 0.276 e. The largest absolute Gasteiger partial charge is 0.361 e. The second-order valence-electron chi connectivity index (χ2n) is 5.96. The Morgan fingerprint density at radius 2 is 2.19 bits per heavy atom. The van der Waals surface area contributed by atoms with Gasteiger partial charge in [0.25, 0.3) is 5.91 Å². The molecule has 1 amide bonds. The molecule has 0 unspecified atom stereocenters. The molecule has 4 rings (SSSR count). The topological polar surface area (TPSA) is 75.0 Å². The minimum Gasteiger partial charge on any atom is -0.361 e. The number of hydrogen-bond donors (Lipinski definition) is 1. The van der Waals surface area contributed by atoms with Gasteiger partial charge in [-0.2, -0.15) is 5.10 Å². The Morgan fingerprint density at radius 1 is 1.38 bits per heavy atom. The number of aryl methyl sites for hydroxylation is 1. The smallest absolute Gasteiger partial charge is 0.276 e. The van der Waals surface area contributed by atoms with Gasteiger partial charge < -0.3 is 9.42 Å². The molecule has 2 aromatic rings. The van der Waals surface area contributed by atoms with E-state index >= 15 is 0 Å². The molecule has 110 valence electrons. The molecule has 0 radical (unpaired) electrons. The molecule has 0 bridgehead atoms. The van der Waals surface area contributed by atoms with E-state index in [1.165, 1.54) is 29.8 Å². The van der Waals surface area contributed by atoms with Crippen LogP contribution in [0.25, 0.3) is 0 Å². The van der Waals surface area contributed by atoms with Crippen molar-refractivity contribution in [3.05, 3.63) is 34.5 Å². The molecule has 0 aromatic carbocycles. The first-order valence-electron chi connectivity index (χ1n) is 7.51. The number of nitrogens with one attached hydrogen (secondary N) is 1. The van der Waals surface area contributed by atoms with E-state index in [0.29, 0.717) is 23.9 Å². The fourth-order valence-electron chi connectivity index (χ4n) is 3.04. The summed E-state index contributed by atoms with van der Waals surface area (Å²) in [4.78, 5) is 14.3. The van der Waals surface area contributed by atoms with Crippen LogP contribution in [0, 0.1) is 6.92 Å². The van der Waals surface area contributed by atoms with Crippen LogP contribution in [0.3, 0.4) is 0 Å². The van der Waals surface area contributed by atoms with E-state index in [0.717, 1.165) is 19.4 Å². The van der Waals surface area contributed by atoms with Crippen LogP contribution in [-0.2, 0) is 12.8 Å². The molecule has 1 N–H and O–H groups in total. The molecule has 21 heavy (non-hydrogen) atoms. The van der Waals surface area contributed by atoms with Gasteiger partial charge in [-0.25, -0.2) is 0 Å². The average Bonchev–Trinajstić information content (AvgIpc) is 3.17. The van der Waals surface area contributed by atoms with Crippen molar-refractivity contribution in [3.63, 3.8) is 0 Å². The zero-order valence-corrected chi connectivity index (χ0v) is 12.1. The summed E-state index contributed by atoms with van der Waals surface area (Å²) in [5.74, 6) is 1.27. The SMILES string of the molecule is Cc1cc(C(=O)N2CCc3[nH]nc(C4CC4)c3CC2)no1. The highest BCUT2D eigenvalue weighted by atomic mass is 16.5. The average molecular weight is 286 g/mol. The third-order valence-corrected chi connectivity index (χ3v) is 4.35. The van der Waals surface area contributed by atoms with Crippen LogP contribution < -0.4 is 0 Å². The number of hydrogen-bond acceptors (Lipinski definition) is 4. The van der Waals surface area contributed by atoms with Crippen molar-refractivity contribution in [2.24, 2.45) is 0 Å². The van der Waals surface area contributed by atoms with Crippen LogP contribution in [0.15, 0.2) is 10.6 Å². The Hall–Kier alpha value is -2.11. The zero-order valence-electron chi connectivity index (χ0n) is 12.1. The maximum atomic E-state index is 12.4. The summed E-state index contributed by atoms with van der Waals surface area (Å²) < 4.78 is 5.00. The first-order chi connectivity index (χ1) is 10.2. The van der Waals surface area contributed by atoms with E-state index in [1.807, 2.05) is 4.90 Å². The number of aromatic nitrogens is 3. The van der Waals surface area contributed by atoms with Gasteiger partial charge in [0, 0.05) is 37.2 Å². The minimum absolute atomic E-state index is 0.0436. The number of carbonyl (C=O) groups is 1. The van der Waals surface area contributed by atoms with Crippen molar-refractivity contribution < 1.29 is 9.32 Å². The first-order valence-corrected chi connectivity index (χ1v) is 7.51. The van der Waals surface area contributed by atoms with Crippen LogP contribution in [0.4, 0.5) is 0 Å². The quantitative estimate of drug-likeness (QED) is 0.913. The number of H-pyrrole nitrogens is 1. The van der Waals surface area contributed by atoms with Crippen molar-refractivity contribution >= 4 is 5.91 Å². The lowest BCUT2D eigenvalue weighted by Crippen LogP contribution is -2.33. The number of carbonyl (C=O) groups excluding carboxylic acids is 1. The Labute approximate surface area is 122 Å². The Bertz CT molecular complexity index is 684. The molecule has 0 spiro atoms. The van der Waals surface area contributed by atoms with Gasteiger partial charge in [-0.1, -0.05) is 5.16 Å². The van der Waals surface area contributed by atoms with E-state index in [2.05, 4.69) is 15.4 Å².